The Morgan fingerprint density at radius 3 is 2.48 bits per heavy atom. The zero-order valence-electron chi connectivity index (χ0n) is 13.5. The minimum Gasteiger partial charge on any atom is -0.373 e. The third-order valence-electron chi connectivity index (χ3n) is 4.56. The standard InChI is InChI=1S/C19H17Cl2N3O/c20-13-2-1-3-15(10-13)24-8-6-23(7-9-24)12-17-16-5-4-14(21)11-18(16)22-19(17)25/h1-5,10-12H,6-9H2,(H,22,25)/b17-12+. The van der Waals surface area contributed by atoms with Gasteiger partial charge < -0.3 is 15.1 Å². The van der Waals surface area contributed by atoms with E-state index in [1.807, 2.05) is 36.5 Å². The number of carbonyl (C=O) groups excluding carboxylic acids is 1. The molecular weight excluding hydrogens is 357 g/mol. The average Bonchev–Trinajstić information content (AvgIpc) is 2.90. The molecule has 2 aromatic carbocycles. The number of piperazine rings is 1. The summed E-state index contributed by atoms with van der Waals surface area (Å²) in [6.07, 6.45) is 1.96. The molecule has 1 amide bonds. The summed E-state index contributed by atoms with van der Waals surface area (Å²) < 4.78 is 0. The largest absolute Gasteiger partial charge is 0.373 e. The van der Waals surface area contributed by atoms with E-state index >= 15 is 0 Å². The summed E-state index contributed by atoms with van der Waals surface area (Å²) in [5.74, 6) is -0.0745. The van der Waals surface area contributed by atoms with Crippen LogP contribution in [0, 0.1) is 0 Å². The van der Waals surface area contributed by atoms with Crippen molar-refractivity contribution >= 4 is 46.1 Å². The van der Waals surface area contributed by atoms with Gasteiger partial charge in [-0.15, -0.1) is 0 Å². The summed E-state index contributed by atoms with van der Waals surface area (Å²) in [7, 11) is 0. The average molecular weight is 374 g/mol. The molecule has 0 unspecified atom stereocenters. The van der Waals surface area contributed by atoms with Crippen LogP contribution >= 0.6 is 23.2 Å². The predicted octanol–water partition coefficient (Wildman–Crippen LogP) is 4.11. The van der Waals surface area contributed by atoms with Gasteiger partial charge in [0, 0.05) is 53.7 Å². The molecule has 1 saturated heterocycles. The summed E-state index contributed by atoms with van der Waals surface area (Å²) in [5, 5.41) is 4.25. The highest BCUT2D eigenvalue weighted by molar-refractivity contribution is 6.34. The van der Waals surface area contributed by atoms with E-state index in [2.05, 4.69) is 21.2 Å². The molecular formula is C19H17Cl2N3O. The van der Waals surface area contributed by atoms with E-state index < -0.39 is 0 Å². The third-order valence-corrected chi connectivity index (χ3v) is 5.03. The van der Waals surface area contributed by atoms with Crippen molar-refractivity contribution in [1.82, 2.24) is 4.90 Å². The molecule has 0 aromatic heterocycles. The van der Waals surface area contributed by atoms with Gasteiger partial charge in [-0.2, -0.15) is 0 Å². The van der Waals surface area contributed by atoms with Gasteiger partial charge in [-0.05, 0) is 30.3 Å². The van der Waals surface area contributed by atoms with Crippen LogP contribution in [0.4, 0.5) is 11.4 Å². The van der Waals surface area contributed by atoms with Crippen molar-refractivity contribution in [2.24, 2.45) is 0 Å². The Morgan fingerprint density at radius 1 is 0.960 bits per heavy atom. The Hall–Kier alpha value is -2.17. The van der Waals surface area contributed by atoms with Crippen LogP contribution in [-0.2, 0) is 4.79 Å². The summed E-state index contributed by atoms with van der Waals surface area (Å²) in [6.45, 7) is 3.48. The number of hydrogen-bond donors (Lipinski definition) is 1. The molecule has 0 saturated carbocycles. The number of anilines is 2. The van der Waals surface area contributed by atoms with E-state index in [4.69, 9.17) is 23.2 Å². The minimum absolute atomic E-state index is 0.0745. The van der Waals surface area contributed by atoms with E-state index in [-0.39, 0.29) is 5.91 Å². The van der Waals surface area contributed by atoms with Crippen molar-refractivity contribution in [3.8, 4) is 0 Å². The van der Waals surface area contributed by atoms with Gasteiger partial charge in [-0.25, -0.2) is 0 Å². The summed E-state index contributed by atoms with van der Waals surface area (Å²) in [5.41, 5.74) is 3.52. The van der Waals surface area contributed by atoms with Gasteiger partial charge in [0.05, 0.1) is 11.3 Å². The first-order valence-corrected chi connectivity index (χ1v) is 8.93. The monoisotopic (exact) mass is 373 g/mol. The van der Waals surface area contributed by atoms with Gasteiger partial charge in [0.2, 0.25) is 0 Å². The van der Waals surface area contributed by atoms with Crippen molar-refractivity contribution in [2.75, 3.05) is 36.4 Å². The molecule has 6 heteroatoms. The second-order valence-electron chi connectivity index (χ2n) is 6.19. The number of nitrogens with zero attached hydrogens (tertiary/aromatic N) is 2. The molecule has 0 atom stereocenters. The summed E-state index contributed by atoms with van der Waals surface area (Å²) in [4.78, 5) is 16.8. The maximum absolute atomic E-state index is 12.3. The maximum Gasteiger partial charge on any atom is 0.257 e. The number of carbonyl (C=O) groups is 1. The number of nitrogens with one attached hydrogen (secondary N) is 1. The summed E-state index contributed by atoms with van der Waals surface area (Å²) >= 11 is 12.1. The van der Waals surface area contributed by atoms with Crippen LogP contribution in [0.2, 0.25) is 10.0 Å². The Morgan fingerprint density at radius 2 is 1.72 bits per heavy atom. The van der Waals surface area contributed by atoms with Crippen molar-refractivity contribution in [2.45, 2.75) is 0 Å². The molecule has 1 N–H and O–H groups in total. The fourth-order valence-corrected chi connectivity index (χ4v) is 3.62. The number of hydrogen-bond acceptors (Lipinski definition) is 3. The van der Waals surface area contributed by atoms with Gasteiger partial charge in [-0.1, -0.05) is 35.3 Å². The molecule has 2 aliphatic heterocycles. The number of benzene rings is 2. The first-order chi connectivity index (χ1) is 12.1. The normalized spacial score (nSPS) is 18.5. The number of halogens is 2. The molecule has 2 aliphatic rings. The first kappa shape index (κ1) is 16.3. The zero-order valence-corrected chi connectivity index (χ0v) is 15.0. The summed E-state index contributed by atoms with van der Waals surface area (Å²) in [6, 6.07) is 13.4. The quantitative estimate of drug-likeness (QED) is 0.804. The minimum atomic E-state index is -0.0745. The first-order valence-electron chi connectivity index (χ1n) is 8.18. The Bertz CT molecular complexity index is 857. The van der Waals surface area contributed by atoms with Crippen LogP contribution < -0.4 is 10.2 Å². The highest BCUT2D eigenvalue weighted by Gasteiger charge is 2.26. The second-order valence-corrected chi connectivity index (χ2v) is 7.06. The SMILES string of the molecule is O=C1Nc2cc(Cl)ccc2/C1=C\N1CCN(c2cccc(Cl)c2)CC1. The molecule has 25 heavy (non-hydrogen) atoms. The van der Waals surface area contributed by atoms with E-state index in [1.54, 1.807) is 6.07 Å². The van der Waals surface area contributed by atoms with E-state index in [9.17, 15) is 4.79 Å². The molecule has 4 rings (SSSR count). The third kappa shape index (κ3) is 3.32. The van der Waals surface area contributed by atoms with Crippen molar-refractivity contribution in [1.29, 1.82) is 0 Å². The maximum atomic E-state index is 12.3. The number of rotatable bonds is 2. The lowest BCUT2D eigenvalue weighted by atomic mass is 10.1. The van der Waals surface area contributed by atoms with E-state index in [1.165, 1.54) is 0 Å². The van der Waals surface area contributed by atoms with Gasteiger partial charge >= 0.3 is 0 Å². The fourth-order valence-electron chi connectivity index (χ4n) is 3.26. The highest BCUT2D eigenvalue weighted by atomic mass is 35.5. The topological polar surface area (TPSA) is 35.6 Å². The molecule has 2 aromatic rings. The van der Waals surface area contributed by atoms with Crippen LogP contribution in [0.25, 0.3) is 5.57 Å². The molecule has 128 valence electrons. The highest BCUT2D eigenvalue weighted by Crippen LogP contribution is 2.34. The van der Waals surface area contributed by atoms with E-state index in [0.717, 1.165) is 48.1 Å². The van der Waals surface area contributed by atoms with E-state index in [0.29, 0.717) is 10.6 Å². The molecule has 0 aliphatic carbocycles. The van der Waals surface area contributed by atoms with Crippen molar-refractivity contribution < 1.29 is 4.79 Å². The van der Waals surface area contributed by atoms with Crippen LogP contribution in [0.1, 0.15) is 5.56 Å². The Labute approximate surface area is 156 Å². The fraction of sp³-hybridized carbons (Fsp3) is 0.211. The molecule has 2 heterocycles. The number of fused-ring (bicyclic) bond motifs is 1. The van der Waals surface area contributed by atoms with Crippen LogP contribution in [0.5, 0.6) is 0 Å². The smallest absolute Gasteiger partial charge is 0.257 e. The molecule has 1 fully saturated rings. The number of amides is 1. The van der Waals surface area contributed by atoms with Gasteiger partial charge in [0.1, 0.15) is 0 Å². The molecule has 0 radical (unpaired) electrons. The van der Waals surface area contributed by atoms with Crippen LogP contribution in [-0.4, -0.2) is 37.0 Å². The van der Waals surface area contributed by atoms with Crippen molar-refractivity contribution in [3.63, 3.8) is 0 Å². The van der Waals surface area contributed by atoms with Crippen LogP contribution in [0.15, 0.2) is 48.7 Å². The molecule has 0 bridgehead atoms. The second kappa shape index (κ2) is 6.62. The molecule has 0 spiro atoms. The lowest BCUT2D eigenvalue weighted by molar-refractivity contribution is -0.110. The Balaban J connectivity index is 1.49. The van der Waals surface area contributed by atoms with Gasteiger partial charge in [0.25, 0.3) is 5.91 Å². The van der Waals surface area contributed by atoms with Crippen molar-refractivity contribution in [3.05, 3.63) is 64.3 Å². The van der Waals surface area contributed by atoms with Gasteiger partial charge in [-0.3, -0.25) is 4.79 Å². The molecule has 4 nitrogen and oxygen atoms in total. The zero-order chi connectivity index (χ0) is 17.4. The predicted molar refractivity (Wildman–Crippen MR) is 103 cm³/mol. The van der Waals surface area contributed by atoms with Gasteiger partial charge in [0.15, 0.2) is 0 Å². The Kier molecular flexibility index (Phi) is 4.32. The van der Waals surface area contributed by atoms with Crippen LogP contribution in [0.3, 0.4) is 0 Å². The lowest BCUT2D eigenvalue weighted by Crippen LogP contribution is -2.44. The lowest BCUT2D eigenvalue weighted by Gasteiger charge is -2.35.